The van der Waals surface area contributed by atoms with Crippen LogP contribution in [0.25, 0.3) is 0 Å². The molecule has 23 heavy (non-hydrogen) atoms. The first kappa shape index (κ1) is 15.7. The Morgan fingerprint density at radius 2 is 2.00 bits per heavy atom. The van der Waals surface area contributed by atoms with Crippen molar-refractivity contribution in [3.8, 4) is 0 Å². The Morgan fingerprint density at radius 1 is 1.30 bits per heavy atom. The molecule has 1 aliphatic heterocycles. The maximum Gasteiger partial charge on any atom is 0.326 e. The minimum atomic E-state index is -0.979. The number of aromatic nitrogens is 1. The molecule has 0 radical (unpaired) electrons. The molecule has 0 saturated heterocycles. The van der Waals surface area contributed by atoms with Crippen molar-refractivity contribution in [2.24, 2.45) is 0 Å². The molecule has 2 heterocycles. The molecule has 1 aromatic carbocycles. The van der Waals surface area contributed by atoms with Gasteiger partial charge in [-0.25, -0.2) is 9.78 Å². The molecule has 1 amide bonds. The fourth-order valence-electron chi connectivity index (χ4n) is 2.76. The Labute approximate surface area is 138 Å². The zero-order valence-corrected chi connectivity index (χ0v) is 13.8. The fourth-order valence-corrected chi connectivity index (χ4v) is 3.56. The lowest BCUT2D eigenvalue weighted by molar-refractivity contribution is -0.142. The number of rotatable bonds is 3. The molecule has 0 fully saturated rings. The summed E-state index contributed by atoms with van der Waals surface area (Å²) in [6.07, 6.45) is 0.332. The van der Waals surface area contributed by atoms with Crippen LogP contribution < -0.4 is 0 Å². The lowest BCUT2D eigenvalue weighted by Crippen LogP contribution is -2.48. The summed E-state index contributed by atoms with van der Waals surface area (Å²) in [5.41, 5.74) is 2.33. The van der Waals surface area contributed by atoms with E-state index >= 15 is 0 Å². The number of amides is 1. The van der Waals surface area contributed by atoms with Crippen LogP contribution in [0.5, 0.6) is 0 Å². The Hall–Kier alpha value is -2.21. The smallest absolute Gasteiger partial charge is 0.326 e. The van der Waals surface area contributed by atoms with E-state index in [-0.39, 0.29) is 11.8 Å². The molecule has 5 nitrogen and oxygen atoms in total. The van der Waals surface area contributed by atoms with Crippen LogP contribution in [-0.4, -0.2) is 32.9 Å². The number of carbonyl (C=O) groups is 2. The predicted octanol–water partition coefficient (Wildman–Crippen LogP) is 2.92. The second kappa shape index (κ2) is 6.12. The molecule has 0 bridgehead atoms. The number of thiazole rings is 1. The van der Waals surface area contributed by atoms with Crippen LogP contribution in [0.3, 0.4) is 0 Å². The van der Waals surface area contributed by atoms with Gasteiger partial charge < -0.3 is 10.0 Å². The molecular weight excluding hydrogens is 312 g/mol. The summed E-state index contributed by atoms with van der Waals surface area (Å²) in [4.78, 5) is 30.2. The minimum absolute atomic E-state index is 0.249. The van der Waals surface area contributed by atoms with Gasteiger partial charge in [0.2, 0.25) is 0 Å². The molecule has 120 valence electrons. The highest BCUT2D eigenvalue weighted by molar-refractivity contribution is 7.09. The largest absolute Gasteiger partial charge is 0.480 e. The van der Waals surface area contributed by atoms with Gasteiger partial charge in [-0.2, -0.15) is 0 Å². The van der Waals surface area contributed by atoms with E-state index in [1.165, 1.54) is 16.2 Å². The minimum Gasteiger partial charge on any atom is -0.480 e. The molecule has 1 aromatic heterocycles. The highest BCUT2D eigenvalue weighted by atomic mass is 32.1. The third-order valence-electron chi connectivity index (χ3n) is 4.03. The molecular formula is C17H18N2O3S. The van der Waals surface area contributed by atoms with Gasteiger partial charge in [-0.1, -0.05) is 38.1 Å². The van der Waals surface area contributed by atoms with Crippen LogP contribution in [0, 0.1) is 0 Å². The van der Waals surface area contributed by atoms with E-state index < -0.39 is 12.0 Å². The normalized spacial score (nSPS) is 17.2. The monoisotopic (exact) mass is 330 g/mol. The van der Waals surface area contributed by atoms with Crippen molar-refractivity contribution >= 4 is 23.2 Å². The summed E-state index contributed by atoms with van der Waals surface area (Å²) < 4.78 is 0. The predicted molar refractivity (Wildman–Crippen MR) is 87.6 cm³/mol. The molecule has 2 aromatic rings. The first-order valence-electron chi connectivity index (χ1n) is 7.53. The zero-order chi connectivity index (χ0) is 16.6. The van der Waals surface area contributed by atoms with Crippen molar-refractivity contribution in [1.29, 1.82) is 0 Å². The molecule has 0 saturated carbocycles. The SMILES string of the molecule is CC(C)c1nc(C(=O)N2Cc3ccccc3C[C@H]2C(=O)O)cs1. The Balaban J connectivity index is 1.92. The van der Waals surface area contributed by atoms with Crippen molar-refractivity contribution in [2.75, 3.05) is 0 Å². The number of fused-ring (bicyclic) bond motifs is 1. The number of benzene rings is 1. The van der Waals surface area contributed by atoms with E-state index in [9.17, 15) is 14.7 Å². The molecule has 0 aliphatic carbocycles. The Kier molecular flexibility index (Phi) is 4.17. The van der Waals surface area contributed by atoms with Crippen molar-refractivity contribution in [1.82, 2.24) is 9.88 Å². The van der Waals surface area contributed by atoms with Gasteiger partial charge >= 0.3 is 5.97 Å². The van der Waals surface area contributed by atoms with E-state index in [1.54, 1.807) is 5.38 Å². The Bertz CT molecular complexity index is 754. The van der Waals surface area contributed by atoms with Gasteiger partial charge in [-0.3, -0.25) is 4.79 Å². The molecule has 0 spiro atoms. The zero-order valence-electron chi connectivity index (χ0n) is 13.0. The van der Waals surface area contributed by atoms with Crippen LogP contribution >= 0.6 is 11.3 Å². The first-order valence-corrected chi connectivity index (χ1v) is 8.41. The number of nitrogens with zero attached hydrogens (tertiary/aromatic N) is 2. The molecule has 1 N–H and O–H groups in total. The third kappa shape index (κ3) is 2.99. The van der Waals surface area contributed by atoms with E-state index in [0.717, 1.165) is 16.1 Å². The second-order valence-corrected chi connectivity index (χ2v) is 6.88. The number of carbonyl (C=O) groups excluding carboxylic acids is 1. The molecule has 3 rings (SSSR count). The van der Waals surface area contributed by atoms with Gasteiger partial charge in [-0.05, 0) is 11.1 Å². The average molecular weight is 330 g/mol. The summed E-state index contributed by atoms with van der Waals surface area (Å²) in [7, 11) is 0. The number of carboxylic acid groups (broad SMARTS) is 1. The summed E-state index contributed by atoms with van der Waals surface area (Å²) in [6.45, 7) is 4.34. The van der Waals surface area contributed by atoms with E-state index in [1.807, 2.05) is 38.1 Å². The van der Waals surface area contributed by atoms with E-state index in [0.29, 0.717) is 18.7 Å². The standard InChI is InChI=1S/C17H18N2O3S/c1-10(2)15-18-13(9-23-15)16(20)19-8-12-6-4-3-5-11(12)7-14(19)17(21)22/h3-6,9-10,14H,7-8H2,1-2H3,(H,21,22)/t14-/m0/s1. The number of hydrogen-bond acceptors (Lipinski definition) is 4. The molecule has 6 heteroatoms. The highest BCUT2D eigenvalue weighted by Gasteiger charge is 2.35. The fraction of sp³-hybridized carbons (Fsp3) is 0.353. The summed E-state index contributed by atoms with van der Waals surface area (Å²) in [5.74, 6) is -1.04. The molecule has 0 unspecified atom stereocenters. The van der Waals surface area contributed by atoms with Crippen LogP contribution in [-0.2, 0) is 17.8 Å². The first-order chi connectivity index (χ1) is 11.0. The van der Waals surface area contributed by atoms with Crippen molar-refractivity contribution in [3.63, 3.8) is 0 Å². The maximum absolute atomic E-state index is 12.8. The summed E-state index contributed by atoms with van der Waals surface area (Å²) >= 11 is 1.44. The third-order valence-corrected chi connectivity index (χ3v) is 5.17. The summed E-state index contributed by atoms with van der Waals surface area (Å²) in [6, 6.07) is 6.81. The van der Waals surface area contributed by atoms with Gasteiger partial charge in [0.1, 0.15) is 11.7 Å². The number of carboxylic acids is 1. The van der Waals surface area contributed by atoms with Gasteiger partial charge in [0, 0.05) is 24.3 Å². The van der Waals surface area contributed by atoms with Crippen molar-refractivity contribution < 1.29 is 14.7 Å². The van der Waals surface area contributed by atoms with Gasteiger partial charge in [-0.15, -0.1) is 11.3 Å². The summed E-state index contributed by atoms with van der Waals surface area (Å²) in [5, 5.41) is 12.1. The Morgan fingerprint density at radius 3 is 2.61 bits per heavy atom. The second-order valence-electron chi connectivity index (χ2n) is 5.99. The average Bonchev–Trinajstić information content (AvgIpc) is 3.03. The van der Waals surface area contributed by atoms with Crippen LogP contribution in [0.4, 0.5) is 0 Å². The van der Waals surface area contributed by atoms with Gasteiger partial charge in [0.05, 0.1) is 5.01 Å². The van der Waals surface area contributed by atoms with Crippen molar-refractivity contribution in [2.45, 2.75) is 38.8 Å². The van der Waals surface area contributed by atoms with E-state index in [4.69, 9.17) is 0 Å². The van der Waals surface area contributed by atoms with Gasteiger partial charge in [0.15, 0.2) is 0 Å². The molecule has 1 atom stereocenters. The lowest BCUT2D eigenvalue weighted by atomic mass is 9.94. The van der Waals surface area contributed by atoms with Crippen LogP contribution in [0.2, 0.25) is 0 Å². The van der Waals surface area contributed by atoms with Gasteiger partial charge in [0.25, 0.3) is 5.91 Å². The van der Waals surface area contributed by atoms with Crippen molar-refractivity contribution in [3.05, 3.63) is 51.5 Å². The quantitative estimate of drug-likeness (QED) is 0.939. The topological polar surface area (TPSA) is 70.5 Å². The molecule has 1 aliphatic rings. The number of aliphatic carboxylic acids is 1. The van der Waals surface area contributed by atoms with Crippen LogP contribution in [0.1, 0.15) is 46.4 Å². The number of hydrogen-bond donors (Lipinski definition) is 1. The maximum atomic E-state index is 12.8. The van der Waals surface area contributed by atoms with E-state index in [2.05, 4.69) is 4.98 Å². The van der Waals surface area contributed by atoms with Crippen LogP contribution in [0.15, 0.2) is 29.6 Å². The lowest BCUT2D eigenvalue weighted by Gasteiger charge is -2.34. The highest BCUT2D eigenvalue weighted by Crippen LogP contribution is 2.26.